The van der Waals surface area contributed by atoms with Crippen molar-refractivity contribution < 1.29 is 18.3 Å². The van der Waals surface area contributed by atoms with Gasteiger partial charge in [-0.15, -0.1) is 0 Å². The first-order valence-corrected chi connectivity index (χ1v) is 12.2. The molecule has 5 aromatic rings. The van der Waals surface area contributed by atoms with E-state index in [1.54, 1.807) is 25.4 Å². The molecule has 3 heterocycles. The van der Waals surface area contributed by atoms with Crippen LogP contribution in [0.3, 0.4) is 0 Å². The fourth-order valence-electron chi connectivity index (χ4n) is 4.15. The molecule has 0 bridgehead atoms. The summed E-state index contributed by atoms with van der Waals surface area (Å²) in [7, 11) is 0. The third-order valence-corrected chi connectivity index (χ3v) is 6.30. The predicted molar refractivity (Wildman–Crippen MR) is 145 cm³/mol. The summed E-state index contributed by atoms with van der Waals surface area (Å²) in [5, 5.41) is 2.55. The maximum Gasteiger partial charge on any atom is 0.261 e. The van der Waals surface area contributed by atoms with E-state index >= 15 is 0 Å². The Bertz CT molecular complexity index is 1770. The molecule has 39 heavy (non-hydrogen) atoms. The molecule has 0 spiro atoms. The van der Waals surface area contributed by atoms with Crippen molar-refractivity contribution in [2.45, 2.75) is 26.7 Å². The first kappa shape index (κ1) is 25.7. The fourth-order valence-corrected chi connectivity index (χ4v) is 4.15. The van der Waals surface area contributed by atoms with Crippen LogP contribution in [0.4, 0.5) is 14.5 Å². The van der Waals surface area contributed by atoms with Crippen molar-refractivity contribution in [1.29, 1.82) is 0 Å². The van der Waals surface area contributed by atoms with E-state index < -0.39 is 23.0 Å². The van der Waals surface area contributed by atoms with Gasteiger partial charge in [0.05, 0.1) is 5.52 Å². The molecule has 7 nitrogen and oxygen atoms in total. The smallest absolute Gasteiger partial charge is 0.261 e. The van der Waals surface area contributed by atoms with Crippen LogP contribution < -0.4 is 15.5 Å². The highest BCUT2D eigenvalue weighted by Gasteiger charge is 2.18. The van der Waals surface area contributed by atoms with Crippen LogP contribution in [-0.4, -0.2) is 20.9 Å². The van der Waals surface area contributed by atoms with Gasteiger partial charge < -0.3 is 15.0 Å². The molecule has 5 rings (SSSR count). The lowest BCUT2D eigenvalue weighted by molar-refractivity contribution is 0.102. The van der Waals surface area contributed by atoms with E-state index in [9.17, 15) is 18.4 Å². The first-order chi connectivity index (χ1) is 18.7. The number of hydrogen-bond acceptors (Lipinski definition) is 5. The first-order valence-electron chi connectivity index (χ1n) is 12.2. The molecule has 0 atom stereocenters. The number of aromatic amines is 1. The molecule has 3 aromatic heterocycles. The van der Waals surface area contributed by atoms with Crippen LogP contribution in [0.15, 0.2) is 78.0 Å². The number of nitrogens with zero attached hydrogens (tertiary/aromatic N) is 2. The fraction of sp³-hybridized carbons (Fsp3) is 0.133. The number of H-pyrrole nitrogens is 1. The van der Waals surface area contributed by atoms with Crippen molar-refractivity contribution in [3.8, 4) is 22.6 Å². The van der Waals surface area contributed by atoms with Crippen molar-refractivity contribution in [3.05, 3.63) is 112 Å². The molecule has 0 fully saturated rings. The number of nitrogens with one attached hydrogen (secondary N) is 2. The number of pyridine rings is 3. The van der Waals surface area contributed by atoms with E-state index in [1.807, 2.05) is 6.07 Å². The van der Waals surface area contributed by atoms with Gasteiger partial charge in [-0.25, -0.2) is 8.78 Å². The molecule has 2 aromatic carbocycles. The Morgan fingerprint density at radius 1 is 1.00 bits per heavy atom. The quantitative estimate of drug-likeness (QED) is 0.255. The average Bonchev–Trinajstić information content (AvgIpc) is 2.91. The van der Waals surface area contributed by atoms with Gasteiger partial charge in [0.1, 0.15) is 16.9 Å². The van der Waals surface area contributed by atoms with Crippen molar-refractivity contribution in [2.24, 2.45) is 0 Å². The maximum absolute atomic E-state index is 15.0. The normalized spacial score (nSPS) is 11.1. The van der Waals surface area contributed by atoms with E-state index in [1.165, 1.54) is 42.6 Å². The van der Waals surface area contributed by atoms with E-state index in [0.717, 1.165) is 11.6 Å². The number of benzene rings is 2. The molecule has 0 aliphatic rings. The van der Waals surface area contributed by atoms with Gasteiger partial charge in [-0.2, -0.15) is 0 Å². The van der Waals surface area contributed by atoms with Gasteiger partial charge in [-0.1, -0.05) is 26.0 Å². The number of carbonyl (C=O) groups excluding carboxylic acids is 1. The summed E-state index contributed by atoms with van der Waals surface area (Å²) in [5.74, 6) is -1.34. The van der Waals surface area contributed by atoms with Crippen molar-refractivity contribution in [3.63, 3.8) is 0 Å². The summed E-state index contributed by atoms with van der Waals surface area (Å²) >= 11 is 0. The Morgan fingerprint density at radius 3 is 2.49 bits per heavy atom. The number of carbonyl (C=O) groups is 1. The van der Waals surface area contributed by atoms with E-state index in [-0.39, 0.29) is 28.5 Å². The average molecular weight is 527 g/mol. The van der Waals surface area contributed by atoms with Gasteiger partial charge in [0, 0.05) is 47.7 Å². The summed E-state index contributed by atoms with van der Waals surface area (Å²) in [6.45, 7) is 5.79. The second-order valence-corrected chi connectivity index (χ2v) is 9.34. The van der Waals surface area contributed by atoms with Crippen LogP contribution in [0.1, 0.15) is 41.4 Å². The number of amides is 1. The van der Waals surface area contributed by atoms with Crippen LogP contribution in [-0.2, 0) is 0 Å². The van der Waals surface area contributed by atoms with Crippen molar-refractivity contribution in [2.75, 3.05) is 5.32 Å². The molecule has 0 radical (unpaired) electrons. The summed E-state index contributed by atoms with van der Waals surface area (Å²) < 4.78 is 34.1. The lowest BCUT2D eigenvalue weighted by Gasteiger charge is -2.12. The molecular formula is C30H24F2N4O3. The van der Waals surface area contributed by atoms with Crippen LogP contribution in [0.2, 0.25) is 0 Å². The molecule has 0 saturated carbocycles. The number of rotatable bonds is 6. The Hall–Kier alpha value is -4.92. The molecule has 0 aliphatic carbocycles. The summed E-state index contributed by atoms with van der Waals surface area (Å²) in [6.07, 6.45) is 4.60. The number of halogens is 2. The standard InChI is InChI=1S/C30H24F2N4O3/c1-16(2)19-12-24-28(35-14-19)26(10-11-33-24)39-25-9-8-21(13-23(25)32)36-30(38)22-15-34-17(3)27(29(22)37)18-4-6-20(31)7-5-18/h4-16H,1-3H3,(H,34,37)(H,36,38). The van der Waals surface area contributed by atoms with Gasteiger partial charge in [0.15, 0.2) is 17.3 Å². The monoisotopic (exact) mass is 526 g/mol. The van der Waals surface area contributed by atoms with E-state index in [0.29, 0.717) is 28.0 Å². The molecule has 196 valence electrons. The Morgan fingerprint density at radius 2 is 1.77 bits per heavy atom. The zero-order valence-corrected chi connectivity index (χ0v) is 21.4. The third-order valence-electron chi connectivity index (χ3n) is 6.30. The van der Waals surface area contributed by atoms with Crippen LogP contribution in [0.25, 0.3) is 22.2 Å². The van der Waals surface area contributed by atoms with Gasteiger partial charge in [0.2, 0.25) is 5.43 Å². The van der Waals surface area contributed by atoms with Gasteiger partial charge in [-0.05, 0) is 54.3 Å². The van der Waals surface area contributed by atoms with Gasteiger partial charge in [0.25, 0.3) is 5.91 Å². The largest absolute Gasteiger partial charge is 0.452 e. The SMILES string of the molecule is Cc1[nH]cc(C(=O)Nc2ccc(Oc3ccnc4cc(C(C)C)cnc34)c(F)c2)c(=O)c1-c1ccc(F)cc1. The molecule has 0 unspecified atom stereocenters. The lowest BCUT2D eigenvalue weighted by Crippen LogP contribution is -2.23. The number of anilines is 1. The lowest BCUT2D eigenvalue weighted by atomic mass is 10.0. The zero-order chi connectivity index (χ0) is 27.7. The third kappa shape index (κ3) is 5.24. The molecule has 0 aliphatic heterocycles. The number of fused-ring (bicyclic) bond motifs is 1. The van der Waals surface area contributed by atoms with Gasteiger partial charge in [-0.3, -0.25) is 19.6 Å². The number of aryl methyl sites for hydroxylation is 1. The van der Waals surface area contributed by atoms with Gasteiger partial charge >= 0.3 is 0 Å². The summed E-state index contributed by atoms with van der Waals surface area (Å²) in [6, 6.07) is 12.9. The topological polar surface area (TPSA) is 97.0 Å². The highest BCUT2D eigenvalue weighted by atomic mass is 19.1. The summed E-state index contributed by atoms with van der Waals surface area (Å²) in [5.41, 5.74) is 2.81. The van der Waals surface area contributed by atoms with E-state index in [4.69, 9.17) is 4.74 Å². The maximum atomic E-state index is 15.0. The minimum atomic E-state index is -0.724. The summed E-state index contributed by atoms with van der Waals surface area (Å²) in [4.78, 5) is 37.7. The highest BCUT2D eigenvalue weighted by Crippen LogP contribution is 2.31. The van der Waals surface area contributed by atoms with Crippen LogP contribution in [0, 0.1) is 18.6 Å². The number of hydrogen-bond donors (Lipinski definition) is 2. The van der Waals surface area contributed by atoms with Crippen molar-refractivity contribution >= 4 is 22.6 Å². The predicted octanol–water partition coefficient (Wildman–Crippen LogP) is 6.74. The minimum absolute atomic E-state index is 0.0676. The minimum Gasteiger partial charge on any atom is -0.452 e. The molecule has 2 N–H and O–H groups in total. The highest BCUT2D eigenvalue weighted by molar-refractivity contribution is 6.04. The Labute approximate surface area is 222 Å². The molecular weight excluding hydrogens is 502 g/mol. The molecule has 9 heteroatoms. The van der Waals surface area contributed by atoms with Crippen LogP contribution >= 0.6 is 0 Å². The second kappa shape index (κ2) is 10.4. The molecule has 1 amide bonds. The Kier molecular flexibility index (Phi) is 6.89. The Balaban J connectivity index is 1.38. The van der Waals surface area contributed by atoms with Crippen molar-refractivity contribution in [1.82, 2.24) is 15.0 Å². The number of ether oxygens (including phenoxy) is 1. The number of aromatic nitrogens is 3. The van der Waals surface area contributed by atoms with E-state index in [2.05, 4.69) is 34.1 Å². The molecule has 0 saturated heterocycles. The zero-order valence-electron chi connectivity index (χ0n) is 21.4. The second-order valence-electron chi connectivity index (χ2n) is 9.34. The van der Waals surface area contributed by atoms with Crippen LogP contribution in [0.5, 0.6) is 11.5 Å².